The summed E-state index contributed by atoms with van der Waals surface area (Å²) in [4.78, 5) is 27.8. The Morgan fingerprint density at radius 2 is 1.87 bits per heavy atom. The molecule has 2 aromatic carbocycles. The van der Waals surface area contributed by atoms with Crippen LogP contribution < -0.4 is 4.90 Å². The number of nitrogens with zero attached hydrogens (tertiary/aromatic N) is 1. The highest BCUT2D eigenvalue weighted by Crippen LogP contribution is 2.45. The maximum absolute atomic E-state index is 13.4. The lowest BCUT2D eigenvalue weighted by Gasteiger charge is -2.23. The van der Waals surface area contributed by atoms with Crippen molar-refractivity contribution in [3.05, 3.63) is 86.8 Å². The number of aryl methyl sites for hydroxylation is 3. The summed E-state index contributed by atoms with van der Waals surface area (Å²) in [5.74, 6) is -0.189. The summed E-state index contributed by atoms with van der Waals surface area (Å²) in [5.41, 5.74) is 2.27. The van der Waals surface area contributed by atoms with Crippen LogP contribution in [-0.2, 0) is 16.9 Å². The molecule has 1 aliphatic rings. The Labute approximate surface area is 183 Å². The Bertz CT molecular complexity index is 1170. The SMILES string of the molecule is Cc1ccc(CN2C(=O)C(O)(CC(=O)c3ccc(C)o3)c3cc(Br)ccc32)c(C)c1. The molecule has 0 saturated carbocycles. The van der Waals surface area contributed by atoms with Crippen LogP contribution in [0, 0.1) is 20.8 Å². The zero-order valence-corrected chi connectivity index (χ0v) is 18.6. The first-order chi connectivity index (χ1) is 14.2. The van der Waals surface area contributed by atoms with E-state index in [1.807, 2.05) is 32.0 Å². The third-order valence-electron chi connectivity index (χ3n) is 5.55. The van der Waals surface area contributed by atoms with E-state index in [0.29, 0.717) is 23.6 Å². The fourth-order valence-corrected chi connectivity index (χ4v) is 4.31. The molecule has 30 heavy (non-hydrogen) atoms. The van der Waals surface area contributed by atoms with Gasteiger partial charge in [-0.3, -0.25) is 9.59 Å². The molecule has 4 rings (SSSR count). The number of amides is 1. The van der Waals surface area contributed by atoms with E-state index in [0.717, 1.165) is 21.2 Å². The number of anilines is 1. The largest absolute Gasteiger partial charge is 0.458 e. The topological polar surface area (TPSA) is 70.8 Å². The van der Waals surface area contributed by atoms with Gasteiger partial charge in [0.1, 0.15) is 5.76 Å². The molecule has 1 unspecified atom stereocenters. The number of ketones is 1. The number of halogens is 1. The maximum atomic E-state index is 13.4. The van der Waals surface area contributed by atoms with Gasteiger partial charge < -0.3 is 14.4 Å². The van der Waals surface area contributed by atoms with Crippen molar-refractivity contribution in [1.82, 2.24) is 0 Å². The van der Waals surface area contributed by atoms with E-state index >= 15 is 0 Å². The second-order valence-electron chi connectivity index (χ2n) is 7.85. The van der Waals surface area contributed by atoms with Gasteiger partial charge in [-0.2, -0.15) is 0 Å². The molecule has 3 aromatic rings. The van der Waals surface area contributed by atoms with E-state index in [9.17, 15) is 14.7 Å². The normalized spacial score (nSPS) is 18.0. The molecule has 0 radical (unpaired) electrons. The van der Waals surface area contributed by atoms with Crippen LogP contribution >= 0.6 is 15.9 Å². The Balaban J connectivity index is 1.72. The number of hydrogen-bond donors (Lipinski definition) is 1. The average molecular weight is 468 g/mol. The van der Waals surface area contributed by atoms with Crippen molar-refractivity contribution < 1.29 is 19.1 Å². The molecular weight excluding hydrogens is 446 g/mol. The minimum atomic E-state index is -1.95. The molecule has 6 heteroatoms. The maximum Gasteiger partial charge on any atom is 0.264 e. The monoisotopic (exact) mass is 467 g/mol. The number of fused-ring (bicyclic) bond motifs is 1. The molecule has 1 atom stereocenters. The van der Waals surface area contributed by atoms with Crippen LogP contribution in [0.4, 0.5) is 5.69 Å². The van der Waals surface area contributed by atoms with Gasteiger partial charge in [0.05, 0.1) is 18.7 Å². The summed E-state index contributed by atoms with van der Waals surface area (Å²) >= 11 is 3.41. The van der Waals surface area contributed by atoms with E-state index < -0.39 is 17.3 Å². The number of aliphatic hydroxyl groups is 1. The van der Waals surface area contributed by atoms with E-state index in [2.05, 4.69) is 22.0 Å². The predicted octanol–water partition coefficient (Wildman–Crippen LogP) is 4.97. The number of furan rings is 1. The minimum Gasteiger partial charge on any atom is -0.458 e. The molecule has 5 nitrogen and oxygen atoms in total. The Kier molecular flexibility index (Phi) is 5.16. The number of hydrogen-bond acceptors (Lipinski definition) is 4. The van der Waals surface area contributed by atoms with Gasteiger partial charge >= 0.3 is 0 Å². The number of carbonyl (C=O) groups is 2. The highest BCUT2D eigenvalue weighted by molar-refractivity contribution is 9.10. The van der Waals surface area contributed by atoms with Gasteiger partial charge in [0.15, 0.2) is 11.4 Å². The fourth-order valence-electron chi connectivity index (χ4n) is 3.95. The zero-order valence-electron chi connectivity index (χ0n) is 17.0. The van der Waals surface area contributed by atoms with Gasteiger partial charge in [-0.05, 0) is 62.2 Å². The summed E-state index contributed by atoms with van der Waals surface area (Å²) in [6.45, 7) is 6.08. The second kappa shape index (κ2) is 7.52. The summed E-state index contributed by atoms with van der Waals surface area (Å²) in [7, 11) is 0. The molecular formula is C24H22BrNO4. The van der Waals surface area contributed by atoms with Crippen molar-refractivity contribution >= 4 is 33.3 Å². The van der Waals surface area contributed by atoms with Crippen LogP contribution in [0.1, 0.15) is 45.0 Å². The quantitative estimate of drug-likeness (QED) is 0.537. The molecule has 0 aliphatic carbocycles. The molecule has 1 aromatic heterocycles. The van der Waals surface area contributed by atoms with Gasteiger partial charge in [-0.1, -0.05) is 39.7 Å². The van der Waals surface area contributed by atoms with Crippen molar-refractivity contribution in [2.24, 2.45) is 0 Å². The minimum absolute atomic E-state index is 0.137. The number of rotatable bonds is 5. The molecule has 2 heterocycles. The lowest BCUT2D eigenvalue weighted by molar-refractivity contribution is -0.136. The van der Waals surface area contributed by atoms with Crippen LogP contribution in [0.2, 0.25) is 0 Å². The Hall–Kier alpha value is -2.70. The van der Waals surface area contributed by atoms with Gasteiger partial charge in [0.2, 0.25) is 5.78 Å². The van der Waals surface area contributed by atoms with Gasteiger partial charge in [-0.15, -0.1) is 0 Å². The molecule has 1 amide bonds. The third-order valence-corrected chi connectivity index (χ3v) is 6.05. The first kappa shape index (κ1) is 20.6. The van der Waals surface area contributed by atoms with E-state index in [1.165, 1.54) is 0 Å². The van der Waals surface area contributed by atoms with Crippen LogP contribution in [0.25, 0.3) is 0 Å². The van der Waals surface area contributed by atoms with E-state index in [4.69, 9.17) is 4.42 Å². The first-order valence-electron chi connectivity index (χ1n) is 9.69. The van der Waals surface area contributed by atoms with Gasteiger partial charge in [-0.25, -0.2) is 0 Å². The van der Waals surface area contributed by atoms with Crippen LogP contribution in [0.15, 0.2) is 57.4 Å². The lowest BCUT2D eigenvalue weighted by Crippen LogP contribution is -2.41. The summed E-state index contributed by atoms with van der Waals surface area (Å²) in [6, 6.07) is 14.6. The molecule has 0 fully saturated rings. The summed E-state index contributed by atoms with van der Waals surface area (Å²) in [5, 5.41) is 11.5. The smallest absolute Gasteiger partial charge is 0.264 e. The van der Waals surface area contributed by atoms with Crippen molar-refractivity contribution in [1.29, 1.82) is 0 Å². The van der Waals surface area contributed by atoms with Crippen LogP contribution in [0.5, 0.6) is 0 Å². The predicted molar refractivity (Wildman–Crippen MR) is 118 cm³/mol. The molecule has 0 bridgehead atoms. The van der Waals surface area contributed by atoms with Gasteiger partial charge in [0.25, 0.3) is 5.91 Å². The second-order valence-corrected chi connectivity index (χ2v) is 8.77. The molecule has 154 valence electrons. The summed E-state index contributed by atoms with van der Waals surface area (Å²) in [6.07, 6.45) is -0.383. The zero-order chi connectivity index (χ0) is 21.6. The number of benzene rings is 2. The fraction of sp³-hybridized carbons (Fsp3) is 0.250. The molecule has 0 saturated heterocycles. The van der Waals surface area contributed by atoms with Crippen LogP contribution in [-0.4, -0.2) is 16.8 Å². The van der Waals surface area contributed by atoms with E-state index in [1.54, 1.807) is 36.1 Å². The van der Waals surface area contributed by atoms with Crippen molar-refractivity contribution in [3.63, 3.8) is 0 Å². The highest BCUT2D eigenvalue weighted by atomic mass is 79.9. The third kappa shape index (κ3) is 3.50. The summed E-state index contributed by atoms with van der Waals surface area (Å²) < 4.78 is 6.13. The van der Waals surface area contributed by atoms with Crippen molar-refractivity contribution in [3.8, 4) is 0 Å². The number of Topliss-reactive ketones (excluding diaryl/α,β-unsaturated/α-hetero) is 1. The van der Waals surface area contributed by atoms with Gasteiger partial charge in [0, 0.05) is 10.0 Å². The first-order valence-corrected chi connectivity index (χ1v) is 10.5. The van der Waals surface area contributed by atoms with Crippen molar-refractivity contribution in [2.75, 3.05) is 4.90 Å². The molecule has 0 spiro atoms. The average Bonchev–Trinajstić information content (AvgIpc) is 3.20. The Morgan fingerprint density at radius 3 is 2.53 bits per heavy atom. The molecule has 1 aliphatic heterocycles. The van der Waals surface area contributed by atoms with Crippen molar-refractivity contribution in [2.45, 2.75) is 39.3 Å². The Morgan fingerprint density at radius 1 is 1.10 bits per heavy atom. The highest BCUT2D eigenvalue weighted by Gasteiger charge is 2.51. The molecule has 1 N–H and O–H groups in total. The van der Waals surface area contributed by atoms with E-state index in [-0.39, 0.29) is 12.2 Å². The lowest BCUT2D eigenvalue weighted by atomic mass is 9.89. The van der Waals surface area contributed by atoms with Crippen LogP contribution in [0.3, 0.4) is 0 Å². The number of carbonyl (C=O) groups excluding carboxylic acids is 2. The standard InChI is InChI=1S/C24H22BrNO4/c1-14-4-6-17(15(2)10-14)13-26-20-8-7-18(25)11-19(20)24(29,23(26)28)12-21(27)22-9-5-16(3)30-22/h4-11,29H,12-13H2,1-3H3.